The summed E-state index contributed by atoms with van der Waals surface area (Å²) in [6.45, 7) is 6.09. The Bertz CT molecular complexity index is 378. The number of carboxylic acids is 1. The second-order valence-corrected chi connectivity index (χ2v) is 5.37. The topological polar surface area (TPSA) is 90.0 Å². The summed E-state index contributed by atoms with van der Waals surface area (Å²) in [5.74, 6) is -0.512. The third-order valence-electron chi connectivity index (χ3n) is 3.77. The van der Waals surface area contributed by atoms with Crippen molar-refractivity contribution in [2.75, 3.05) is 32.7 Å². The molecule has 0 atom stereocenters. The molecule has 0 aliphatic carbocycles. The van der Waals surface area contributed by atoms with Crippen molar-refractivity contribution in [2.24, 2.45) is 5.92 Å². The van der Waals surface area contributed by atoms with E-state index >= 15 is 0 Å². The maximum absolute atomic E-state index is 12.3. The number of carbonyl (C=O) groups is 3. The van der Waals surface area contributed by atoms with Crippen LogP contribution < -0.4 is 5.32 Å². The number of carbonyl (C=O) groups excluding carboxylic acids is 2. The van der Waals surface area contributed by atoms with E-state index in [1.165, 1.54) is 6.92 Å². The van der Waals surface area contributed by atoms with Gasteiger partial charge in [-0.2, -0.15) is 0 Å². The summed E-state index contributed by atoms with van der Waals surface area (Å²) in [6.07, 6.45) is 1.70. The van der Waals surface area contributed by atoms with E-state index < -0.39 is 5.97 Å². The molecular weight excluding hydrogens is 274 g/mol. The number of aliphatic carboxylic acids is 1. The normalized spacial score (nSPS) is 15.6. The molecule has 0 unspecified atom stereocenters. The molecule has 1 heterocycles. The van der Waals surface area contributed by atoms with E-state index in [-0.39, 0.29) is 24.9 Å². The predicted octanol–water partition coefficient (Wildman–Crippen LogP) is 0.751. The number of rotatable bonds is 6. The van der Waals surface area contributed by atoms with Crippen molar-refractivity contribution in [1.29, 1.82) is 0 Å². The van der Waals surface area contributed by atoms with Crippen LogP contribution in [0.4, 0.5) is 4.79 Å². The lowest BCUT2D eigenvalue weighted by atomic mass is 9.97. The van der Waals surface area contributed by atoms with Gasteiger partial charge in [0.25, 0.3) is 0 Å². The van der Waals surface area contributed by atoms with Crippen molar-refractivity contribution in [2.45, 2.75) is 33.1 Å². The SMILES string of the molecule is CCN(CCC(=O)O)C(=O)N1CCC(CNC(C)=O)CC1. The summed E-state index contributed by atoms with van der Waals surface area (Å²) in [4.78, 5) is 37.1. The first-order chi connectivity index (χ1) is 9.93. The van der Waals surface area contributed by atoms with E-state index in [1.807, 2.05) is 6.92 Å². The third kappa shape index (κ3) is 6.01. The molecule has 0 radical (unpaired) electrons. The molecule has 1 rings (SSSR count). The first kappa shape index (κ1) is 17.3. The Balaban J connectivity index is 2.39. The maximum Gasteiger partial charge on any atom is 0.320 e. The molecule has 3 amide bonds. The maximum atomic E-state index is 12.3. The minimum absolute atomic E-state index is 0.0284. The second kappa shape index (κ2) is 8.49. The standard InChI is InChI=1S/C14H25N3O4/c1-3-16(9-6-13(19)20)14(21)17-7-4-12(5-8-17)10-15-11(2)18/h12H,3-10H2,1-2H3,(H,15,18)(H,19,20). The fraction of sp³-hybridized carbons (Fsp3) is 0.786. The second-order valence-electron chi connectivity index (χ2n) is 5.37. The zero-order valence-corrected chi connectivity index (χ0v) is 12.8. The number of nitrogens with one attached hydrogen (secondary N) is 1. The number of nitrogens with zero attached hydrogens (tertiary/aromatic N) is 2. The van der Waals surface area contributed by atoms with Gasteiger partial charge in [-0.05, 0) is 25.7 Å². The molecule has 2 N–H and O–H groups in total. The lowest BCUT2D eigenvalue weighted by Gasteiger charge is -2.35. The Morgan fingerprint density at radius 2 is 1.90 bits per heavy atom. The Morgan fingerprint density at radius 3 is 2.38 bits per heavy atom. The van der Waals surface area contributed by atoms with Crippen LogP contribution in [0.2, 0.25) is 0 Å². The van der Waals surface area contributed by atoms with Crippen LogP contribution in [-0.4, -0.2) is 65.5 Å². The monoisotopic (exact) mass is 299 g/mol. The molecule has 120 valence electrons. The van der Waals surface area contributed by atoms with E-state index in [0.29, 0.717) is 32.1 Å². The van der Waals surface area contributed by atoms with Crippen molar-refractivity contribution < 1.29 is 19.5 Å². The van der Waals surface area contributed by atoms with Crippen LogP contribution >= 0.6 is 0 Å². The summed E-state index contributed by atoms with van der Waals surface area (Å²) in [5, 5.41) is 11.5. The minimum atomic E-state index is -0.893. The predicted molar refractivity (Wildman–Crippen MR) is 77.9 cm³/mol. The summed E-state index contributed by atoms with van der Waals surface area (Å²) in [5.41, 5.74) is 0. The first-order valence-corrected chi connectivity index (χ1v) is 7.44. The number of likely N-dealkylation sites (tertiary alicyclic amines) is 1. The number of carboxylic acid groups (broad SMARTS) is 1. The summed E-state index contributed by atoms with van der Waals surface area (Å²) in [6, 6.07) is -0.0864. The highest BCUT2D eigenvalue weighted by Crippen LogP contribution is 2.17. The smallest absolute Gasteiger partial charge is 0.320 e. The molecule has 1 aliphatic heterocycles. The molecule has 7 heteroatoms. The van der Waals surface area contributed by atoms with Crippen molar-refractivity contribution >= 4 is 17.9 Å². The molecule has 7 nitrogen and oxygen atoms in total. The van der Waals surface area contributed by atoms with Gasteiger partial charge in [-0.25, -0.2) is 4.79 Å². The van der Waals surface area contributed by atoms with Gasteiger partial charge in [0, 0.05) is 39.6 Å². The van der Waals surface area contributed by atoms with Gasteiger partial charge in [-0.15, -0.1) is 0 Å². The Kier molecular flexibility index (Phi) is 6.98. The minimum Gasteiger partial charge on any atom is -0.481 e. The van der Waals surface area contributed by atoms with E-state index in [9.17, 15) is 14.4 Å². The van der Waals surface area contributed by atoms with Gasteiger partial charge in [0.2, 0.25) is 5.91 Å². The van der Waals surface area contributed by atoms with Crippen molar-refractivity contribution in [3.8, 4) is 0 Å². The molecule has 1 fully saturated rings. The summed E-state index contributed by atoms with van der Waals surface area (Å²) >= 11 is 0. The summed E-state index contributed by atoms with van der Waals surface area (Å²) in [7, 11) is 0. The lowest BCUT2D eigenvalue weighted by Crippen LogP contribution is -2.48. The van der Waals surface area contributed by atoms with Gasteiger partial charge in [-0.1, -0.05) is 0 Å². The highest BCUT2D eigenvalue weighted by Gasteiger charge is 2.25. The third-order valence-corrected chi connectivity index (χ3v) is 3.77. The Morgan fingerprint density at radius 1 is 1.29 bits per heavy atom. The summed E-state index contributed by atoms with van der Waals surface area (Å²) < 4.78 is 0. The van der Waals surface area contributed by atoms with Crippen molar-refractivity contribution in [3.63, 3.8) is 0 Å². The van der Waals surface area contributed by atoms with Crippen LogP contribution in [0.25, 0.3) is 0 Å². The van der Waals surface area contributed by atoms with Gasteiger partial charge in [-0.3, -0.25) is 9.59 Å². The van der Waals surface area contributed by atoms with E-state index in [1.54, 1.807) is 9.80 Å². The van der Waals surface area contributed by atoms with E-state index in [4.69, 9.17) is 5.11 Å². The molecule has 0 aromatic rings. The van der Waals surface area contributed by atoms with Gasteiger partial charge in [0.1, 0.15) is 0 Å². The molecule has 0 spiro atoms. The highest BCUT2D eigenvalue weighted by molar-refractivity contribution is 5.75. The number of piperidine rings is 1. The quantitative estimate of drug-likeness (QED) is 0.757. The van der Waals surface area contributed by atoms with Crippen LogP contribution in [0, 0.1) is 5.92 Å². The van der Waals surface area contributed by atoms with Crippen LogP contribution in [-0.2, 0) is 9.59 Å². The van der Waals surface area contributed by atoms with Crippen molar-refractivity contribution in [3.05, 3.63) is 0 Å². The molecule has 1 saturated heterocycles. The Hall–Kier alpha value is -1.79. The van der Waals surface area contributed by atoms with Gasteiger partial charge in [0.05, 0.1) is 6.42 Å². The zero-order valence-electron chi connectivity index (χ0n) is 12.8. The zero-order chi connectivity index (χ0) is 15.8. The molecule has 0 saturated carbocycles. The fourth-order valence-corrected chi connectivity index (χ4v) is 2.44. The van der Waals surface area contributed by atoms with Gasteiger partial charge >= 0.3 is 12.0 Å². The van der Waals surface area contributed by atoms with Crippen molar-refractivity contribution in [1.82, 2.24) is 15.1 Å². The van der Waals surface area contributed by atoms with Crippen LogP contribution in [0.15, 0.2) is 0 Å². The molecular formula is C14H25N3O4. The molecule has 1 aliphatic rings. The lowest BCUT2D eigenvalue weighted by molar-refractivity contribution is -0.137. The fourth-order valence-electron chi connectivity index (χ4n) is 2.44. The highest BCUT2D eigenvalue weighted by atomic mass is 16.4. The van der Waals surface area contributed by atoms with Gasteiger partial charge in [0.15, 0.2) is 0 Å². The average molecular weight is 299 g/mol. The van der Waals surface area contributed by atoms with Crippen LogP contribution in [0.1, 0.15) is 33.1 Å². The molecule has 21 heavy (non-hydrogen) atoms. The number of hydrogen-bond acceptors (Lipinski definition) is 3. The molecule has 0 aromatic carbocycles. The largest absolute Gasteiger partial charge is 0.481 e. The van der Waals surface area contributed by atoms with Gasteiger partial charge < -0.3 is 20.2 Å². The van der Waals surface area contributed by atoms with E-state index in [2.05, 4.69) is 5.32 Å². The first-order valence-electron chi connectivity index (χ1n) is 7.44. The molecule has 0 bridgehead atoms. The Labute approximate surface area is 125 Å². The van der Waals surface area contributed by atoms with Crippen LogP contribution in [0.5, 0.6) is 0 Å². The molecule has 0 aromatic heterocycles. The number of amides is 3. The van der Waals surface area contributed by atoms with E-state index in [0.717, 1.165) is 12.8 Å². The number of urea groups is 1. The average Bonchev–Trinajstić information content (AvgIpc) is 2.45. The number of hydrogen-bond donors (Lipinski definition) is 2. The van der Waals surface area contributed by atoms with Crippen LogP contribution in [0.3, 0.4) is 0 Å².